The number of hydrogen-bond acceptors (Lipinski definition) is 4. The maximum Gasteiger partial charge on any atom is 0.193 e. The Morgan fingerprint density at radius 2 is 1.87 bits per heavy atom. The summed E-state index contributed by atoms with van der Waals surface area (Å²) < 4.78 is 33.3. The minimum atomic E-state index is -0.532. The average molecular weight is 438 g/mol. The molecular formula is C23H37F2N5O. The number of piperazine rings is 1. The molecule has 1 aromatic rings. The van der Waals surface area contributed by atoms with Crippen molar-refractivity contribution in [2.24, 2.45) is 4.99 Å². The second-order valence-corrected chi connectivity index (χ2v) is 8.74. The number of aliphatic imine (C=N–C) groups is 1. The first-order chi connectivity index (χ1) is 14.9. The van der Waals surface area contributed by atoms with Crippen LogP contribution in [0.4, 0.5) is 8.78 Å². The van der Waals surface area contributed by atoms with Crippen LogP contribution >= 0.6 is 0 Å². The highest BCUT2D eigenvalue weighted by molar-refractivity contribution is 5.80. The van der Waals surface area contributed by atoms with E-state index in [1.54, 1.807) is 6.07 Å². The molecule has 2 saturated heterocycles. The first-order valence-corrected chi connectivity index (χ1v) is 11.3. The molecule has 0 bridgehead atoms. The summed E-state index contributed by atoms with van der Waals surface area (Å²) >= 11 is 0. The molecule has 0 aromatic heterocycles. The molecule has 2 aliphatic rings. The zero-order valence-corrected chi connectivity index (χ0v) is 19.3. The van der Waals surface area contributed by atoms with Crippen LogP contribution in [0.25, 0.3) is 0 Å². The lowest BCUT2D eigenvalue weighted by molar-refractivity contribution is -0.00539. The molecule has 0 amide bonds. The van der Waals surface area contributed by atoms with Crippen molar-refractivity contribution in [1.29, 1.82) is 0 Å². The van der Waals surface area contributed by atoms with Gasteiger partial charge in [-0.2, -0.15) is 0 Å². The number of rotatable bonds is 6. The van der Waals surface area contributed by atoms with E-state index in [1.165, 1.54) is 6.07 Å². The zero-order valence-electron chi connectivity index (χ0n) is 19.3. The molecule has 1 N–H and O–H groups in total. The summed E-state index contributed by atoms with van der Waals surface area (Å²) in [5, 5.41) is 3.59. The van der Waals surface area contributed by atoms with Gasteiger partial charge in [0, 0.05) is 76.2 Å². The maximum absolute atomic E-state index is 14.4. The Morgan fingerprint density at radius 3 is 2.42 bits per heavy atom. The molecule has 31 heavy (non-hydrogen) atoms. The lowest BCUT2D eigenvalue weighted by atomic mass is 9.88. The molecular weight excluding hydrogens is 400 g/mol. The molecule has 8 heteroatoms. The van der Waals surface area contributed by atoms with Gasteiger partial charge in [-0.15, -0.1) is 0 Å². The second-order valence-electron chi connectivity index (χ2n) is 8.74. The van der Waals surface area contributed by atoms with E-state index < -0.39 is 11.6 Å². The van der Waals surface area contributed by atoms with Gasteiger partial charge in [-0.3, -0.25) is 9.89 Å². The summed E-state index contributed by atoms with van der Waals surface area (Å²) in [6.07, 6.45) is 2.78. The third-order valence-corrected chi connectivity index (χ3v) is 6.92. The number of ether oxygens (including phenoxy) is 1. The van der Waals surface area contributed by atoms with E-state index in [4.69, 9.17) is 4.74 Å². The van der Waals surface area contributed by atoms with Gasteiger partial charge in [-0.1, -0.05) is 13.0 Å². The van der Waals surface area contributed by atoms with Crippen LogP contribution in [0, 0.1) is 11.6 Å². The lowest BCUT2D eigenvalue weighted by Crippen LogP contribution is -2.59. The number of likely N-dealkylation sites (N-methyl/N-ethyl adjacent to an activating group) is 1. The van der Waals surface area contributed by atoms with E-state index in [1.807, 2.05) is 7.05 Å². The third-order valence-electron chi connectivity index (χ3n) is 6.92. The molecule has 1 aromatic carbocycles. The molecule has 1 unspecified atom stereocenters. The van der Waals surface area contributed by atoms with Gasteiger partial charge in [-0.25, -0.2) is 8.78 Å². The van der Waals surface area contributed by atoms with E-state index >= 15 is 0 Å². The minimum Gasteiger partial charge on any atom is -0.381 e. The molecule has 3 rings (SSSR count). The normalized spacial score (nSPS) is 21.4. The smallest absolute Gasteiger partial charge is 0.193 e. The van der Waals surface area contributed by atoms with Crippen molar-refractivity contribution < 1.29 is 13.5 Å². The van der Waals surface area contributed by atoms with Gasteiger partial charge >= 0.3 is 0 Å². The van der Waals surface area contributed by atoms with Crippen molar-refractivity contribution in [2.75, 3.05) is 67.1 Å². The first-order valence-electron chi connectivity index (χ1n) is 11.3. The number of nitrogens with zero attached hydrogens (tertiary/aromatic N) is 4. The van der Waals surface area contributed by atoms with E-state index in [2.05, 4.69) is 46.0 Å². The molecule has 2 aliphatic heterocycles. The third kappa shape index (κ3) is 5.54. The van der Waals surface area contributed by atoms with Crippen molar-refractivity contribution >= 4 is 5.96 Å². The highest BCUT2D eigenvalue weighted by Gasteiger charge is 2.35. The summed E-state index contributed by atoms with van der Waals surface area (Å²) in [6.45, 7) is 7.70. The predicted octanol–water partition coefficient (Wildman–Crippen LogP) is 2.72. The molecule has 2 heterocycles. The molecule has 0 saturated carbocycles. The highest BCUT2D eigenvalue weighted by atomic mass is 19.1. The Morgan fingerprint density at radius 1 is 1.19 bits per heavy atom. The highest BCUT2D eigenvalue weighted by Crippen LogP contribution is 2.28. The maximum atomic E-state index is 14.4. The van der Waals surface area contributed by atoms with Crippen LogP contribution < -0.4 is 5.32 Å². The van der Waals surface area contributed by atoms with E-state index in [9.17, 15) is 8.78 Å². The van der Waals surface area contributed by atoms with E-state index in [-0.39, 0.29) is 11.6 Å². The summed E-state index contributed by atoms with van der Waals surface area (Å²) in [4.78, 5) is 11.4. The Labute approximate surface area is 185 Å². The molecule has 174 valence electrons. The van der Waals surface area contributed by atoms with Crippen LogP contribution in [0.5, 0.6) is 0 Å². The number of nitrogens with one attached hydrogen (secondary N) is 1. The van der Waals surface area contributed by atoms with Crippen LogP contribution in [-0.2, 0) is 4.74 Å². The monoisotopic (exact) mass is 437 g/mol. The van der Waals surface area contributed by atoms with Crippen LogP contribution in [0.3, 0.4) is 0 Å². The van der Waals surface area contributed by atoms with E-state index in [0.29, 0.717) is 5.56 Å². The number of benzene rings is 1. The first kappa shape index (κ1) is 23.9. The van der Waals surface area contributed by atoms with Gasteiger partial charge in [0.25, 0.3) is 0 Å². The second kappa shape index (κ2) is 10.7. The molecule has 1 atom stereocenters. The molecule has 6 nitrogen and oxygen atoms in total. The Bertz CT molecular complexity index is 743. The zero-order chi connectivity index (χ0) is 22.4. The average Bonchev–Trinajstić information content (AvgIpc) is 2.77. The van der Waals surface area contributed by atoms with Crippen LogP contribution in [0.2, 0.25) is 0 Å². The number of hydrogen-bond donors (Lipinski definition) is 1. The SMILES string of the molecule is CCC(c1ccc(F)cc1F)N1CCN(C(=NC)NCC2(N(C)C)CCOCC2)CC1. The van der Waals surface area contributed by atoms with Crippen molar-refractivity contribution in [3.05, 3.63) is 35.4 Å². The fourth-order valence-electron chi connectivity index (χ4n) is 4.80. The lowest BCUT2D eigenvalue weighted by Gasteiger charge is -2.44. The molecule has 2 fully saturated rings. The molecule has 0 radical (unpaired) electrons. The van der Waals surface area contributed by atoms with Gasteiger partial charge < -0.3 is 19.9 Å². The number of guanidine groups is 1. The standard InChI is InChI=1S/C23H37F2N5O/c1-5-21(19-7-6-18(24)16-20(19)25)29-10-12-30(13-11-29)22(26-2)27-17-23(28(3)4)8-14-31-15-9-23/h6-7,16,21H,5,8-15,17H2,1-4H3,(H,26,27). The van der Waals surface area contributed by atoms with Crippen molar-refractivity contribution in [3.8, 4) is 0 Å². The fourth-order valence-corrected chi connectivity index (χ4v) is 4.80. The Hall–Kier alpha value is -1.77. The summed E-state index contributed by atoms with van der Waals surface area (Å²) in [6, 6.07) is 3.87. The fraction of sp³-hybridized carbons (Fsp3) is 0.696. The van der Waals surface area contributed by atoms with Gasteiger partial charge in [0.15, 0.2) is 5.96 Å². The minimum absolute atomic E-state index is 0.0445. The van der Waals surface area contributed by atoms with Crippen LogP contribution in [0.1, 0.15) is 37.8 Å². The van der Waals surface area contributed by atoms with Crippen LogP contribution in [0.15, 0.2) is 23.2 Å². The van der Waals surface area contributed by atoms with E-state index in [0.717, 1.165) is 77.2 Å². The Kier molecular flexibility index (Phi) is 8.24. The number of halogens is 2. The van der Waals surface area contributed by atoms with Gasteiger partial charge in [-0.05, 0) is 39.4 Å². The molecule has 0 spiro atoms. The van der Waals surface area contributed by atoms with Crippen molar-refractivity contribution in [3.63, 3.8) is 0 Å². The van der Waals surface area contributed by atoms with Gasteiger partial charge in [0.2, 0.25) is 0 Å². The van der Waals surface area contributed by atoms with Crippen molar-refractivity contribution in [1.82, 2.24) is 20.0 Å². The topological polar surface area (TPSA) is 43.3 Å². The van der Waals surface area contributed by atoms with Gasteiger partial charge in [0.1, 0.15) is 11.6 Å². The molecule has 0 aliphatic carbocycles. The predicted molar refractivity (Wildman–Crippen MR) is 120 cm³/mol. The summed E-state index contributed by atoms with van der Waals surface area (Å²) in [5.41, 5.74) is 0.649. The van der Waals surface area contributed by atoms with Gasteiger partial charge in [0.05, 0.1) is 0 Å². The summed E-state index contributed by atoms with van der Waals surface area (Å²) in [5.74, 6) is -0.0820. The van der Waals surface area contributed by atoms with Crippen LogP contribution in [-0.4, -0.2) is 93.3 Å². The Balaban J connectivity index is 1.59. The quantitative estimate of drug-likeness (QED) is 0.548. The largest absolute Gasteiger partial charge is 0.381 e. The summed E-state index contributed by atoms with van der Waals surface area (Å²) in [7, 11) is 6.09. The van der Waals surface area contributed by atoms with Crippen molar-refractivity contribution in [2.45, 2.75) is 37.8 Å².